The van der Waals surface area contributed by atoms with Crippen molar-refractivity contribution in [3.05, 3.63) is 36.5 Å². The van der Waals surface area contributed by atoms with Crippen LogP contribution in [0.3, 0.4) is 0 Å². The molecule has 1 fully saturated rings. The fraction of sp³-hybridized carbons (Fsp3) is 0.500. The molecule has 142 valence electrons. The Kier molecular flexibility index (Phi) is 5.87. The number of rotatable bonds is 7. The lowest BCUT2D eigenvalue weighted by molar-refractivity contribution is -0.130. The Bertz CT molecular complexity index is 807. The zero-order chi connectivity index (χ0) is 19.3. The van der Waals surface area contributed by atoms with Crippen molar-refractivity contribution in [3.8, 4) is 17.3 Å². The van der Waals surface area contributed by atoms with E-state index in [0.717, 1.165) is 42.8 Å². The number of nitriles is 1. The summed E-state index contributed by atoms with van der Waals surface area (Å²) < 4.78 is 0. The predicted molar refractivity (Wildman–Crippen MR) is 103 cm³/mol. The van der Waals surface area contributed by atoms with Gasteiger partial charge < -0.3 is 15.2 Å². The highest BCUT2D eigenvalue weighted by atomic mass is 16.2. The zero-order valence-corrected chi connectivity index (χ0v) is 15.9. The minimum Gasteiger partial charge on any atom is -0.342 e. The van der Waals surface area contributed by atoms with Crippen molar-refractivity contribution in [2.24, 2.45) is 0 Å². The first-order valence-corrected chi connectivity index (χ1v) is 9.37. The van der Waals surface area contributed by atoms with Gasteiger partial charge in [0.1, 0.15) is 11.9 Å². The zero-order valence-electron chi connectivity index (χ0n) is 15.9. The molecule has 3 heterocycles. The van der Waals surface area contributed by atoms with Gasteiger partial charge in [-0.1, -0.05) is 0 Å². The molecule has 3 rings (SSSR count). The first-order chi connectivity index (χ1) is 13.0. The van der Waals surface area contributed by atoms with Crippen LogP contribution in [0.5, 0.6) is 0 Å². The average Bonchev–Trinajstić information content (AvgIpc) is 3.34. The van der Waals surface area contributed by atoms with Crippen LogP contribution >= 0.6 is 0 Å². The van der Waals surface area contributed by atoms with Crippen LogP contribution in [0, 0.1) is 11.3 Å². The maximum absolute atomic E-state index is 12.4. The lowest BCUT2D eigenvalue weighted by Gasteiger charge is -2.28. The van der Waals surface area contributed by atoms with E-state index < -0.39 is 0 Å². The van der Waals surface area contributed by atoms with Crippen molar-refractivity contribution < 1.29 is 4.79 Å². The fourth-order valence-corrected chi connectivity index (χ4v) is 3.29. The molecule has 2 N–H and O–H groups in total. The molecule has 27 heavy (non-hydrogen) atoms. The van der Waals surface area contributed by atoms with Gasteiger partial charge in [0.25, 0.3) is 0 Å². The normalized spacial score (nSPS) is 17.1. The molecule has 2 aromatic rings. The van der Waals surface area contributed by atoms with E-state index in [0.29, 0.717) is 6.54 Å². The number of pyridine rings is 1. The highest BCUT2D eigenvalue weighted by molar-refractivity contribution is 5.79. The number of H-pyrrole nitrogens is 1. The molecule has 1 saturated heterocycles. The van der Waals surface area contributed by atoms with E-state index in [9.17, 15) is 4.79 Å². The SMILES string of the molecule is CC(C)(CCc1ncc(-c2cccnc2)[nH]1)NCC(=O)N1CCC[C@H]1C#N. The molecule has 0 unspecified atom stereocenters. The summed E-state index contributed by atoms with van der Waals surface area (Å²) in [5.74, 6) is 0.920. The van der Waals surface area contributed by atoms with Crippen LogP contribution in [-0.2, 0) is 11.2 Å². The second kappa shape index (κ2) is 8.31. The number of nitrogens with one attached hydrogen (secondary N) is 2. The van der Waals surface area contributed by atoms with E-state index in [2.05, 4.69) is 40.2 Å². The maximum atomic E-state index is 12.4. The highest BCUT2D eigenvalue weighted by Crippen LogP contribution is 2.19. The number of carbonyl (C=O) groups excluding carboxylic acids is 1. The van der Waals surface area contributed by atoms with Gasteiger partial charge in [-0.05, 0) is 45.2 Å². The summed E-state index contributed by atoms with van der Waals surface area (Å²) in [6, 6.07) is 5.84. The van der Waals surface area contributed by atoms with Gasteiger partial charge in [-0.15, -0.1) is 0 Å². The molecule has 2 aromatic heterocycles. The number of hydrogen-bond acceptors (Lipinski definition) is 5. The lowest BCUT2D eigenvalue weighted by atomic mass is 9.98. The predicted octanol–water partition coefficient (Wildman–Crippen LogP) is 2.29. The van der Waals surface area contributed by atoms with Crippen molar-refractivity contribution in [2.45, 2.75) is 51.1 Å². The minimum absolute atomic E-state index is 0.00369. The molecule has 0 spiro atoms. The van der Waals surface area contributed by atoms with Crippen LogP contribution in [0.2, 0.25) is 0 Å². The second-order valence-corrected chi connectivity index (χ2v) is 7.60. The number of carbonyl (C=O) groups is 1. The summed E-state index contributed by atoms with van der Waals surface area (Å²) in [7, 11) is 0. The summed E-state index contributed by atoms with van der Waals surface area (Å²) in [5.41, 5.74) is 1.76. The highest BCUT2D eigenvalue weighted by Gasteiger charge is 2.29. The van der Waals surface area contributed by atoms with Crippen LogP contribution < -0.4 is 5.32 Å². The molecule has 0 radical (unpaired) electrons. The standard InChI is InChI=1S/C20H26N6O/c1-20(2,24-14-19(27)26-10-4-6-16(26)11-21)8-7-18-23-13-17(25-18)15-5-3-9-22-12-15/h3,5,9,12-13,16,24H,4,6-8,10,14H2,1-2H3,(H,23,25)/t16-/m0/s1. The number of hydrogen-bond donors (Lipinski definition) is 2. The molecule has 1 aliphatic heterocycles. The number of aryl methyl sites for hydroxylation is 1. The molecular weight excluding hydrogens is 340 g/mol. The Morgan fingerprint density at radius 2 is 2.33 bits per heavy atom. The molecule has 7 nitrogen and oxygen atoms in total. The van der Waals surface area contributed by atoms with Crippen molar-refractivity contribution in [3.63, 3.8) is 0 Å². The number of aromatic nitrogens is 3. The number of aromatic amines is 1. The van der Waals surface area contributed by atoms with E-state index in [1.165, 1.54) is 0 Å². The number of nitrogens with zero attached hydrogens (tertiary/aromatic N) is 4. The molecule has 0 bridgehead atoms. The summed E-state index contributed by atoms with van der Waals surface area (Å²) in [5, 5.41) is 12.5. The minimum atomic E-state index is -0.267. The molecule has 0 aromatic carbocycles. The Hall–Kier alpha value is -2.72. The largest absolute Gasteiger partial charge is 0.342 e. The van der Waals surface area contributed by atoms with Crippen molar-refractivity contribution in [2.75, 3.05) is 13.1 Å². The summed E-state index contributed by atoms with van der Waals surface area (Å²) in [6.07, 6.45) is 8.68. The Labute approximate surface area is 159 Å². The van der Waals surface area contributed by atoms with Gasteiger partial charge in [0, 0.05) is 36.5 Å². The van der Waals surface area contributed by atoms with Crippen LogP contribution in [0.4, 0.5) is 0 Å². The van der Waals surface area contributed by atoms with Crippen LogP contribution in [0.25, 0.3) is 11.3 Å². The van der Waals surface area contributed by atoms with Gasteiger partial charge in [0.15, 0.2) is 0 Å². The van der Waals surface area contributed by atoms with E-state index in [1.54, 1.807) is 17.3 Å². The van der Waals surface area contributed by atoms with Crippen LogP contribution in [-0.4, -0.2) is 50.4 Å². The smallest absolute Gasteiger partial charge is 0.237 e. The maximum Gasteiger partial charge on any atom is 0.237 e. The molecule has 0 aliphatic carbocycles. The fourth-order valence-electron chi connectivity index (χ4n) is 3.29. The summed E-state index contributed by atoms with van der Waals surface area (Å²) in [4.78, 5) is 26.0. The van der Waals surface area contributed by atoms with Gasteiger partial charge in [-0.2, -0.15) is 5.26 Å². The molecule has 0 saturated carbocycles. The number of amides is 1. The molecule has 7 heteroatoms. The van der Waals surface area contributed by atoms with E-state index >= 15 is 0 Å². The third kappa shape index (κ3) is 4.92. The van der Waals surface area contributed by atoms with Gasteiger partial charge in [-0.25, -0.2) is 4.98 Å². The molecule has 1 atom stereocenters. The second-order valence-electron chi connectivity index (χ2n) is 7.60. The quantitative estimate of drug-likeness (QED) is 0.783. The summed E-state index contributed by atoms with van der Waals surface area (Å²) >= 11 is 0. The first kappa shape index (κ1) is 19.1. The number of likely N-dealkylation sites (tertiary alicyclic amines) is 1. The van der Waals surface area contributed by atoms with Crippen LogP contribution in [0.15, 0.2) is 30.7 Å². The Balaban J connectivity index is 1.49. The van der Waals surface area contributed by atoms with E-state index in [1.807, 2.05) is 18.3 Å². The lowest BCUT2D eigenvalue weighted by Crippen LogP contribution is -2.47. The van der Waals surface area contributed by atoms with Gasteiger partial charge in [0.2, 0.25) is 5.91 Å². The molecule has 1 amide bonds. The third-order valence-electron chi connectivity index (χ3n) is 5.03. The van der Waals surface area contributed by atoms with Crippen molar-refractivity contribution >= 4 is 5.91 Å². The topological polar surface area (TPSA) is 97.7 Å². The summed E-state index contributed by atoms with van der Waals surface area (Å²) in [6.45, 7) is 5.10. The Morgan fingerprint density at radius 3 is 3.07 bits per heavy atom. The van der Waals surface area contributed by atoms with Gasteiger partial charge in [-0.3, -0.25) is 9.78 Å². The monoisotopic (exact) mass is 366 g/mol. The average molecular weight is 366 g/mol. The van der Waals surface area contributed by atoms with Gasteiger partial charge >= 0.3 is 0 Å². The number of imidazole rings is 1. The molecular formula is C20H26N6O. The van der Waals surface area contributed by atoms with E-state index in [-0.39, 0.29) is 24.0 Å². The van der Waals surface area contributed by atoms with E-state index in [4.69, 9.17) is 5.26 Å². The molecule has 1 aliphatic rings. The first-order valence-electron chi connectivity index (χ1n) is 9.37. The van der Waals surface area contributed by atoms with Crippen LogP contribution in [0.1, 0.15) is 38.9 Å². The van der Waals surface area contributed by atoms with Gasteiger partial charge in [0.05, 0.1) is 24.5 Å². The van der Waals surface area contributed by atoms with Crippen molar-refractivity contribution in [1.29, 1.82) is 5.26 Å². The van der Waals surface area contributed by atoms with Crippen molar-refractivity contribution in [1.82, 2.24) is 25.2 Å². The third-order valence-corrected chi connectivity index (χ3v) is 5.03. The Morgan fingerprint density at radius 1 is 1.48 bits per heavy atom.